The number of carboxylic acids is 1. The van der Waals surface area contributed by atoms with Crippen molar-refractivity contribution < 1.29 is 14.7 Å². The van der Waals surface area contributed by atoms with Crippen molar-refractivity contribution in [3.05, 3.63) is 12.2 Å². The number of urea groups is 1. The van der Waals surface area contributed by atoms with E-state index in [1.807, 2.05) is 0 Å². The molecule has 1 aliphatic rings. The summed E-state index contributed by atoms with van der Waals surface area (Å²) < 4.78 is 1.68. The summed E-state index contributed by atoms with van der Waals surface area (Å²) in [5.41, 5.74) is -1.20. The Balaban J connectivity index is 1.90. The van der Waals surface area contributed by atoms with Crippen molar-refractivity contribution in [2.45, 2.75) is 31.8 Å². The second-order valence-electron chi connectivity index (χ2n) is 4.95. The second-order valence-corrected chi connectivity index (χ2v) is 4.95. The SMILES string of the molecule is Cn1cnnc1CNC(=O)NC(C)(C(=O)O)C1CC1. The van der Waals surface area contributed by atoms with Gasteiger partial charge in [-0.2, -0.15) is 0 Å². The fourth-order valence-electron chi connectivity index (χ4n) is 1.90. The lowest BCUT2D eigenvalue weighted by molar-refractivity contribution is -0.144. The number of hydrogen-bond acceptors (Lipinski definition) is 4. The van der Waals surface area contributed by atoms with Gasteiger partial charge in [-0.15, -0.1) is 10.2 Å². The van der Waals surface area contributed by atoms with E-state index in [2.05, 4.69) is 20.8 Å². The van der Waals surface area contributed by atoms with Crippen molar-refractivity contribution in [3.8, 4) is 0 Å². The Bertz CT molecular complexity index is 496. The minimum Gasteiger partial charge on any atom is -0.480 e. The number of amides is 2. The molecule has 1 heterocycles. The number of aromatic nitrogens is 3. The molecule has 19 heavy (non-hydrogen) atoms. The van der Waals surface area contributed by atoms with Crippen molar-refractivity contribution in [1.82, 2.24) is 25.4 Å². The van der Waals surface area contributed by atoms with Gasteiger partial charge in [-0.05, 0) is 25.7 Å². The number of aliphatic carboxylic acids is 1. The van der Waals surface area contributed by atoms with Crippen LogP contribution in [0.5, 0.6) is 0 Å². The lowest BCUT2D eigenvalue weighted by Crippen LogP contribution is -2.56. The quantitative estimate of drug-likeness (QED) is 0.688. The maximum atomic E-state index is 11.8. The number of rotatable bonds is 5. The fraction of sp³-hybridized carbons (Fsp3) is 0.636. The Morgan fingerprint density at radius 3 is 2.74 bits per heavy atom. The number of nitrogens with one attached hydrogen (secondary N) is 2. The van der Waals surface area contributed by atoms with Gasteiger partial charge < -0.3 is 20.3 Å². The lowest BCUT2D eigenvalue weighted by atomic mass is 9.96. The second kappa shape index (κ2) is 4.87. The van der Waals surface area contributed by atoms with E-state index < -0.39 is 17.5 Å². The molecule has 2 amide bonds. The van der Waals surface area contributed by atoms with E-state index in [-0.39, 0.29) is 12.5 Å². The Kier molecular flexibility index (Phi) is 3.41. The highest BCUT2D eigenvalue weighted by atomic mass is 16.4. The molecule has 8 nitrogen and oxygen atoms in total. The third-order valence-corrected chi connectivity index (χ3v) is 3.42. The van der Waals surface area contributed by atoms with E-state index in [1.54, 1.807) is 11.6 Å². The third-order valence-electron chi connectivity index (χ3n) is 3.42. The molecule has 1 fully saturated rings. The highest BCUT2D eigenvalue weighted by Crippen LogP contribution is 2.39. The molecule has 0 bridgehead atoms. The van der Waals surface area contributed by atoms with E-state index in [1.165, 1.54) is 13.3 Å². The molecule has 1 aliphatic carbocycles. The van der Waals surface area contributed by atoms with Gasteiger partial charge in [0, 0.05) is 7.05 Å². The monoisotopic (exact) mass is 267 g/mol. The normalized spacial score (nSPS) is 17.6. The average molecular weight is 267 g/mol. The van der Waals surface area contributed by atoms with Gasteiger partial charge in [-0.3, -0.25) is 0 Å². The van der Waals surface area contributed by atoms with Gasteiger partial charge >= 0.3 is 12.0 Å². The van der Waals surface area contributed by atoms with Crippen LogP contribution in [0.3, 0.4) is 0 Å². The first-order valence-corrected chi connectivity index (χ1v) is 6.05. The van der Waals surface area contributed by atoms with Gasteiger partial charge in [0.2, 0.25) is 0 Å². The number of carbonyl (C=O) groups is 2. The van der Waals surface area contributed by atoms with E-state index in [4.69, 9.17) is 0 Å². The average Bonchev–Trinajstić information content (AvgIpc) is 3.11. The number of carbonyl (C=O) groups excluding carboxylic acids is 1. The molecule has 0 aromatic carbocycles. The molecular weight excluding hydrogens is 250 g/mol. The summed E-state index contributed by atoms with van der Waals surface area (Å²) >= 11 is 0. The standard InChI is InChI=1S/C11H17N5O3/c1-11(9(17)18,7-3-4-7)14-10(19)12-5-8-15-13-6-16(8)2/h6-7H,3-5H2,1-2H3,(H,17,18)(H2,12,14,19). The van der Waals surface area contributed by atoms with Gasteiger partial charge in [0.05, 0.1) is 6.54 Å². The summed E-state index contributed by atoms with van der Waals surface area (Å²) in [6.07, 6.45) is 3.18. The Labute approximate surface area is 110 Å². The van der Waals surface area contributed by atoms with Crippen molar-refractivity contribution in [2.75, 3.05) is 0 Å². The topological polar surface area (TPSA) is 109 Å². The van der Waals surface area contributed by atoms with Crippen molar-refractivity contribution in [1.29, 1.82) is 0 Å². The van der Waals surface area contributed by atoms with Crippen LogP contribution < -0.4 is 10.6 Å². The molecule has 0 aliphatic heterocycles. The molecule has 1 unspecified atom stereocenters. The summed E-state index contributed by atoms with van der Waals surface area (Å²) in [5, 5.41) is 21.8. The van der Waals surface area contributed by atoms with Crippen LogP contribution in [0.4, 0.5) is 4.79 Å². The van der Waals surface area contributed by atoms with Crippen LogP contribution in [-0.2, 0) is 18.4 Å². The highest BCUT2D eigenvalue weighted by molar-refractivity contribution is 5.86. The Morgan fingerprint density at radius 1 is 1.58 bits per heavy atom. The number of nitrogens with zero attached hydrogens (tertiary/aromatic N) is 3. The van der Waals surface area contributed by atoms with Crippen LogP contribution in [-0.4, -0.2) is 37.4 Å². The Morgan fingerprint density at radius 2 is 2.26 bits per heavy atom. The first-order valence-electron chi connectivity index (χ1n) is 6.05. The zero-order chi connectivity index (χ0) is 14.0. The van der Waals surface area contributed by atoms with Crippen LogP contribution >= 0.6 is 0 Å². The molecule has 1 aromatic heterocycles. The molecule has 8 heteroatoms. The summed E-state index contributed by atoms with van der Waals surface area (Å²) in [7, 11) is 1.76. The molecule has 1 atom stereocenters. The molecule has 0 radical (unpaired) electrons. The van der Waals surface area contributed by atoms with E-state index >= 15 is 0 Å². The van der Waals surface area contributed by atoms with Crippen molar-refractivity contribution in [2.24, 2.45) is 13.0 Å². The van der Waals surface area contributed by atoms with Crippen LogP contribution in [0.15, 0.2) is 6.33 Å². The zero-order valence-electron chi connectivity index (χ0n) is 10.9. The van der Waals surface area contributed by atoms with Crippen LogP contribution in [0, 0.1) is 5.92 Å². The van der Waals surface area contributed by atoms with E-state index in [0.29, 0.717) is 5.82 Å². The van der Waals surface area contributed by atoms with E-state index in [0.717, 1.165) is 12.8 Å². The van der Waals surface area contributed by atoms with Gasteiger partial charge in [-0.25, -0.2) is 9.59 Å². The minimum atomic E-state index is -1.20. The maximum Gasteiger partial charge on any atom is 0.329 e. The summed E-state index contributed by atoms with van der Waals surface area (Å²) in [5.74, 6) is -0.409. The third kappa shape index (κ3) is 2.83. The van der Waals surface area contributed by atoms with Crippen LogP contribution in [0.2, 0.25) is 0 Å². The number of aryl methyl sites for hydroxylation is 1. The predicted molar refractivity (Wildman–Crippen MR) is 65.1 cm³/mol. The minimum absolute atomic E-state index is 0.00516. The summed E-state index contributed by atoms with van der Waals surface area (Å²) in [6, 6.07) is -0.514. The summed E-state index contributed by atoms with van der Waals surface area (Å²) in [6.45, 7) is 1.73. The molecular formula is C11H17N5O3. The molecule has 2 rings (SSSR count). The number of hydrogen-bond donors (Lipinski definition) is 3. The van der Waals surface area contributed by atoms with Gasteiger partial charge in [-0.1, -0.05) is 0 Å². The Hall–Kier alpha value is -2.12. The summed E-state index contributed by atoms with van der Waals surface area (Å²) in [4.78, 5) is 23.0. The smallest absolute Gasteiger partial charge is 0.329 e. The fourth-order valence-corrected chi connectivity index (χ4v) is 1.90. The van der Waals surface area contributed by atoms with Crippen molar-refractivity contribution >= 4 is 12.0 Å². The number of carboxylic acid groups (broad SMARTS) is 1. The molecule has 1 aromatic rings. The molecule has 3 N–H and O–H groups in total. The molecule has 0 saturated heterocycles. The maximum absolute atomic E-state index is 11.8. The first kappa shape index (κ1) is 13.3. The highest BCUT2D eigenvalue weighted by Gasteiger charge is 2.48. The molecule has 1 saturated carbocycles. The van der Waals surface area contributed by atoms with Gasteiger partial charge in [0.1, 0.15) is 11.9 Å². The predicted octanol–water partition coefficient (Wildman–Crippen LogP) is -0.132. The molecule has 0 spiro atoms. The lowest BCUT2D eigenvalue weighted by Gasteiger charge is -2.26. The van der Waals surface area contributed by atoms with Crippen LogP contribution in [0.25, 0.3) is 0 Å². The van der Waals surface area contributed by atoms with Gasteiger partial charge in [0.15, 0.2) is 5.82 Å². The van der Waals surface area contributed by atoms with Gasteiger partial charge in [0.25, 0.3) is 0 Å². The van der Waals surface area contributed by atoms with Crippen LogP contribution in [0.1, 0.15) is 25.6 Å². The zero-order valence-corrected chi connectivity index (χ0v) is 10.9. The van der Waals surface area contributed by atoms with Crippen molar-refractivity contribution in [3.63, 3.8) is 0 Å². The largest absolute Gasteiger partial charge is 0.480 e. The molecule has 104 valence electrons. The first-order chi connectivity index (χ1) is 8.93. The van der Waals surface area contributed by atoms with E-state index in [9.17, 15) is 14.7 Å².